The van der Waals surface area contributed by atoms with Gasteiger partial charge >= 0.3 is 0 Å². The molecule has 32 heavy (non-hydrogen) atoms. The Balaban J connectivity index is 1.60. The lowest BCUT2D eigenvalue weighted by molar-refractivity contribution is -0.116. The quantitative estimate of drug-likeness (QED) is 0.388. The Labute approximate surface area is 189 Å². The standard InChI is InChI=1S/C26H19N3O2S/c30-24(27-22-15-8-10-18-9-4-5-13-20(18)22)17-28-23-16-7-6-14-21(23)25(31)29(26(28)32)19-11-2-1-3-12-19/h1-16H,17H2,(H,27,30). The highest BCUT2D eigenvalue weighted by Gasteiger charge is 2.15. The number of para-hydroxylation sites is 2. The summed E-state index contributed by atoms with van der Waals surface area (Å²) in [6.07, 6.45) is 0. The van der Waals surface area contributed by atoms with Crippen molar-refractivity contribution in [2.45, 2.75) is 6.54 Å². The number of amides is 1. The van der Waals surface area contributed by atoms with Gasteiger partial charge in [0.25, 0.3) is 5.56 Å². The van der Waals surface area contributed by atoms with Crippen LogP contribution < -0.4 is 10.9 Å². The molecule has 5 aromatic rings. The van der Waals surface area contributed by atoms with E-state index < -0.39 is 0 Å². The van der Waals surface area contributed by atoms with Gasteiger partial charge in [-0.2, -0.15) is 0 Å². The van der Waals surface area contributed by atoms with Gasteiger partial charge in [0.15, 0.2) is 4.77 Å². The molecule has 0 aliphatic heterocycles. The molecular weight excluding hydrogens is 418 g/mol. The van der Waals surface area contributed by atoms with Crippen LogP contribution in [0.25, 0.3) is 27.4 Å². The third-order valence-electron chi connectivity index (χ3n) is 5.43. The van der Waals surface area contributed by atoms with Crippen LogP contribution >= 0.6 is 12.2 Å². The minimum atomic E-state index is -0.221. The van der Waals surface area contributed by atoms with Crippen molar-refractivity contribution in [1.82, 2.24) is 9.13 Å². The molecule has 0 spiro atoms. The van der Waals surface area contributed by atoms with Crippen LogP contribution in [0.2, 0.25) is 0 Å². The zero-order valence-corrected chi connectivity index (χ0v) is 17.9. The Bertz CT molecular complexity index is 1580. The number of hydrogen-bond acceptors (Lipinski definition) is 3. The summed E-state index contributed by atoms with van der Waals surface area (Å²) < 4.78 is 3.45. The van der Waals surface area contributed by atoms with Crippen molar-refractivity contribution >= 4 is 45.5 Å². The highest BCUT2D eigenvalue weighted by atomic mass is 32.1. The van der Waals surface area contributed by atoms with Gasteiger partial charge in [0.1, 0.15) is 6.54 Å². The van der Waals surface area contributed by atoms with Gasteiger partial charge in [-0.05, 0) is 47.9 Å². The molecule has 0 aliphatic carbocycles. The summed E-state index contributed by atoms with van der Waals surface area (Å²) in [5.74, 6) is -0.221. The van der Waals surface area contributed by atoms with Gasteiger partial charge in [-0.1, -0.05) is 66.7 Å². The molecule has 0 aliphatic rings. The molecule has 1 amide bonds. The normalized spacial score (nSPS) is 11.0. The van der Waals surface area contributed by atoms with E-state index >= 15 is 0 Å². The Kier molecular flexibility index (Phi) is 5.13. The van der Waals surface area contributed by atoms with Crippen molar-refractivity contribution < 1.29 is 4.79 Å². The van der Waals surface area contributed by atoms with E-state index in [1.165, 1.54) is 4.57 Å². The number of benzene rings is 4. The number of rotatable bonds is 4. The number of hydrogen-bond donors (Lipinski definition) is 1. The topological polar surface area (TPSA) is 56.0 Å². The van der Waals surface area contributed by atoms with Crippen LogP contribution in [0.5, 0.6) is 0 Å². The Morgan fingerprint density at radius 2 is 1.44 bits per heavy atom. The van der Waals surface area contributed by atoms with Gasteiger partial charge < -0.3 is 9.88 Å². The molecular formula is C26H19N3O2S. The number of nitrogens with zero attached hydrogens (tertiary/aromatic N) is 2. The number of aromatic nitrogens is 2. The fourth-order valence-electron chi connectivity index (χ4n) is 3.95. The fraction of sp³-hybridized carbons (Fsp3) is 0.0385. The molecule has 0 unspecified atom stereocenters. The second kappa shape index (κ2) is 8.24. The van der Waals surface area contributed by atoms with Crippen LogP contribution in [0.3, 0.4) is 0 Å². The molecule has 0 radical (unpaired) electrons. The maximum absolute atomic E-state index is 13.2. The molecule has 0 saturated carbocycles. The number of nitrogens with one attached hydrogen (secondary N) is 1. The summed E-state index contributed by atoms with van der Waals surface area (Å²) in [6, 6.07) is 30.1. The summed E-state index contributed by atoms with van der Waals surface area (Å²) in [5, 5.41) is 5.52. The van der Waals surface area contributed by atoms with E-state index in [9.17, 15) is 9.59 Å². The first-order valence-electron chi connectivity index (χ1n) is 10.2. The van der Waals surface area contributed by atoms with Crippen LogP contribution in [-0.4, -0.2) is 15.0 Å². The number of fused-ring (bicyclic) bond motifs is 2. The van der Waals surface area contributed by atoms with E-state index in [2.05, 4.69) is 5.32 Å². The fourth-order valence-corrected chi connectivity index (χ4v) is 4.30. The third kappa shape index (κ3) is 3.50. The zero-order chi connectivity index (χ0) is 22.1. The first kappa shape index (κ1) is 19.9. The second-order valence-corrected chi connectivity index (χ2v) is 7.80. The largest absolute Gasteiger partial charge is 0.324 e. The van der Waals surface area contributed by atoms with E-state index in [0.717, 1.165) is 16.5 Å². The summed E-state index contributed by atoms with van der Waals surface area (Å²) in [4.78, 5) is 26.3. The van der Waals surface area contributed by atoms with E-state index in [1.54, 1.807) is 10.6 Å². The van der Waals surface area contributed by atoms with Gasteiger partial charge in [0.05, 0.1) is 16.6 Å². The van der Waals surface area contributed by atoms with Crippen molar-refractivity contribution in [3.63, 3.8) is 0 Å². The summed E-state index contributed by atoms with van der Waals surface area (Å²) in [7, 11) is 0. The van der Waals surface area contributed by atoms with Crippen LogP contribution in [0.1, 0.15) is 0 Å². The van der Waals surface area contributed by atoms with Gasteiger partial charge in [-0.25, -0.2) is 0 Å². The SMILES string of the molecule is O=C(Cn1c(=S)n(-c2ccccc2)c(=O)c2ccccc21)Nc1cccc2ccccc12. The lowest BCUT2D eigenvalue weighted by atomic mass is 10.1. The molecule has 1 aromatic heterocycles. The second-order valence-electron chi connectivity index (χ2n) is 7.44. The molecule has 1 N–H and O–H groups in total. The number of carbonyl (C=O) groups excluding carboxylic acids is 1. The molecule has 0 fully saturated rings. The van der Waals surface area contributed by atoms with Crippen molar-refractivity contribution in [3.8, 4) is 5.69 Å². The first-order chi connectivity index (χ1) is 15.6. The van der Waals surface area contributed by atoms with E-state index in [1.807, 2.05) is 91.0 Å². The molecule has 4 aromatic carbocycles. The summed E-state index contributed by atoms with van der Waals surface area (Å²) in [6.45, 7) is -0.0182. The van der Waals surface area contributed by atoms with E-state index in [0.29, 0.717) is 16.6 Å². The molecule has 0 bridgehead atoms. The predicted molar refractivity (Wildman–Crippen MR) is 131 cm³/mol. The molecule has 156 valence electrons. The monoisotopic (exact) mass is 437 g/mol. The van der Waals surface area contributed by atoms with E-state index in [4.69, 9.17) is 12.2 Å². The average molecular weight is 438 g/mol. The van der Waals surface area contributed by atoms with Crippen molar-refractivity contribution in [1.29, 1.82) is 0 Å². The molecule has 1 heterocycles. The Hall–Kier alpha value is -4.03. The molecule has 0 saturated heterocycles. The van der Waals surface area contributed by atoms with Crippen LogP contribution in [0.4, 0.5) is 5.69 Å². The maximum atomic E-state index is 13.2. The lowest BCUT2D eigenvalue weighted by Gasteiger charge is -2.16. The van der Waals surface area contributed by atoms with Crippen LogP contribution in [-0.2, 0) is 11.3 Å². The smallest absolute Gasteiger partial charge is 0.266 e. The summed E-state index contributed by atoms with van der Waals surface area (Å²) >= 11 is 5.69. The molecule has 0 atom stereocenters. The highest BCUT2D eigenvalue weighted by Crippen LogP contribution is 2.23. The summed E-state index contributed by atoms with van der Waals surface area (Å²) in [5.41, 5.74) is 1.82. The first-order valence-corrected chi connectivity index (χ1v) is 10.6. The van der Waals surface area contributed by atoms with Crippen molar-refractivity contribution in [3.05, 3.63) is 112 Å². The Morgan fingerprint density at radius 1 is 0.781 bits per heavy atom. The van der Waals surface area contributed by atoms with Gasteiger partial charge in [0, 0.05) is 11.1 Å². The Morgan fingerprint density at radius 3 is 2.25 bits per heavy atom. The molecule has 6 heteroatoms. The molecule has 5 nitrogen and oxygen atoms in total. The minimum absolute atomic E-state index is 0.0182. The number of anilines is 1. The van der Waals surface area contributed by atoms with Gasteiger partial charge in [-0.3, -0.25) is 14.2 Å². The number of carbonyl (C=O) groups is 1. The predicted octanol–water partition coefficient (Wildman–Crippen LogP) is 5.31. The van der Waals surface area contributed by atoms with Gasteiger partial charge in [-0.15, -0.1) is 0 Å². The van der Waals surface area contributed by atoms with Crippen molar-refractivity contribution in [2.24, 2.45) is 0 Å². The lowest BCUT2D eigenvalue weighted by Crippen LogP contribution is -2.27. The van der Waals surface area contributed by atoms with Crippen molar-refractivity contribution in [2.75, 3.05) is 5.32 Å². The van der Waals surface area contributed by atoms with Crippen LogP contribution in [0, 0.1) is 4.77 Å². The van der Waals surface area contributed by atoms with E-state index in [-0.39, 0.29) is 22.8 Å². The highest BCUT2D eigenvalue weighted by molar-refractivity contribution is 7.71. The minimum Gasteiger partial charge on any atom is -0.324 e. The molecule has 5 rings (SSSR count). The van der Waals surface area contributed by atoms with Gasteiger partial charge in [0.2, 0.25) is 5.91 Å². The maximum Gasteiger partial charge on any atom is 0.266 e. The van der Waals surface area contributed by atoms with Crippen LogP contribution in [0.15, 0.2) is 102 Å². The zero-order valence-electron chi connectivity index (χ0n) is 17.1. The average Bonchev–Trinajstić information content (AvgIpc) is 2.83. The third-order valence-corrected chi connectivity index (χ3v) is 5.83.